The number of nitrogens with zero attached hydrogens (tertiary/aromatic N) is 4. The van der Waals surface area contributed by atoms with E-state index in [0.717, 1.165) is 46.4 Å². The largest absolute Gasteiger partial charge is 0.387 e. The van der Waals surface area contributed by atoms with E-state index < -0.39 is 6.10 Å². The third-order valence-electron chi connectivity index (χ3n) is 6.30. The second-order valence-corrected chi connectivity index (χ2v) is 8.66. The Balaban J connectivity index is 1.19. The fourth-order valence-electron chi connectivity index (χ4n) is 4.25. The minimum atomic E-state index is -0.624. The number of ether oxygens (including phenoxy) is 2. The molecule has 2 aromatic heterocycles. The first-order valence-corrected chi connectivity index (χ1v) is 11.2. The summed E-state index contributed by atoms with van der Waals surface area (Å²) in [6.45, 7) is 4.36. The van der Waals surface area contributed by atoms with Gasteiger partial charge >= 0.3 is 0 Å². The van der Waals surface area contributed by atoms with E-state index in [4.69, 9.17) is 9.47 Å². The van der Waals surface area contributed by atoms with Gasteiger partial charge < -0.3 is 19.9 Å². The maximum Gasteiger partial charge on any atom is 0.153 e. The van der Waals surface area contributed by atoms with E-state index >= 15 is 0 Å². The molecule has 3 heterocycles. The summed E-state index contributed by atoms with van der Waals surface area (Å²) in [7, 11) is 0. The number of aliphatic hydroxyl groups is 1. The maximum absolute atomic E-state index is 10.8. The van der Waals surface area contributed by atoms with Crippen LogP contribution in [0.25, 0.3) is 5.82 Å². The van der Waals surface area contributed by atoms with Gasteiger partial charge in [0.05, 0.1) is 36.8 Å². The summed E-state index contributed by atoms with van der Waals surface area (Å²) in [6.07, 6.45) is 5.13. The van der Waals surface area contributed by atoms with Gasteiger partial charge in [0.15, 0.2) is 5.82 Å². The lowest BCUT2D eigenvalue weighted by Crippen LogP contribution is -2.22. The van der Waals surface area contributed by atoms with E-state index in [-0.39, 0.29) is 0 Å². The lowest BCUT2D eigenvalue weighted by Gasteiger charge is -2.18. The van der Waals surface area contributed by atoms with Crippen molar-refractivity contribution in [2.45, 2.75) is 51.5 Å². The SMILES string of the molecule is Cc1c([C@@H](O)CNCc2ccc(-n3cc(C#N)c(C4CC4)n3)nc2)ccc2c1COCOC2. The van der Waals surface area contributed by atoms with Gasteiger partial charge in [0, 0.05) is 25.2 Å². The van der Waals surface area contributed by atoms with Crippen LogP contribution in [0.1, 0.15) is 63.9 Å². The molecule has 1 aliphatic heterocycles. The average molecular weight is 446 g/mol. The number of hydrogen-bond acceptors (Lipinski definition) is 7. The normalized spacial score (nSPS) is 16.6. The number of hydrogen-bond donors (Lipinski definition) is 2. The highest BCUT2D eigenvalue weighted by molar-refractivity contribution is 5.41. The number of aromatic nitrogens is 3. The highest BCUT2D eigenvalue weighted by atomic mass is 16.7. The Morgan fingerprint density at radius 2 is 2.09 bits per heavy atom. The molecule has 170 valence electrons. The third-order valence-corrected chi connectivity index (χ3v) is 6.30. The molecule has 5 rings (SSSR count). The van der Waals surface area contributed by atoms with Crippen molar-refractivity contribution < 1.29 is 14.6 Å². The molecule has 1 aromatic carbocycles. The maximum atomic E-state index is 10.8. The van der Waals surface area contributed by atoms with Crippen molar-refractivity contribution in [3.8, 4) is 11.9 Å². The molecule has 1 atom stereocenters. The minimum absolute atomic E-state index is 0.294. The molecule has 1 fully saturated rings. The Morgan fingerprint density at radius 3 is 2.85 bits per heavy atom. The Morgan fingerprint density at radius 1 is 1.24 bits per heavy atom. The van der Waals surface area contributed by atoms with Crippen molar-refractivity contribution in [1.29, 1.82) is 5.26 Å². The van der Waals surface area contributed by atoms with E-state index in [1.54, 1.807) is 17.1 Å². The number of benzene rings is 1. The van der Waals surface area contributed by atoms with Crippen molar-refractivity contribution >= 4 is 0 Å². The van der Waals surface area contributed by atoms with E-state index in [0.29, 0.717) is 50.4 Å². The lowest BCUT2D eigenvalue weighted by molar-refractivity contribution is -0.0587. The molecule has 2 aliphatic rings. The first kappa shape index (κ1) is 21.7. The van der Waals surface area contributed by atoms with E-state index in [2.05, 4.69) is 21.5 Å². The number of pyridine rings is 1. The van der Waals surface area contributed by atoms with Crippen molar-refractivity contribution in [1.82, 2.24) is 20.1 Å². The lowest BCUT2D eigenvalue weighted by atomic mass is 9.94. The van der Waals surface area contributed by atoms with Gasteiger partial charge in [0.2, 0.25) is 0 Å². The predicted octanol–water partition coefficient (Wildman–Crippen LogP) is 3.15. The van der Waals surface area contributed by atoms with E-state index in [9.17, 15) is 10.4 Å². The molecule has 0 amide bonds. The van der Waals surface area contributed by atoms with Gasteiger partial charge in [-0.3, -0.25) is 0 Å². The van der Waals surface area contributed by atoms with Crippen LogP contribution in [0.5, 0.6) is 0 Å². The molecular formula is C25H27N5O3. The van der Waals surface area contributed by atoms with Gasteiger partial charge in [0.25, 0.3) is 0 Å². The second-order valence-electron chi connectivity index (χ2n) is 8.66. The number of nitriles is 1. The van der Waals surface area contributed by atoms with Crippen molar-refractivity contribution in [2.75, 3.05) is 13.3 Å². The first-order valence-electron chi connectivity index (χ1n) is 11.2. The van der Waals surface area contributed by atoms with Crippen LogP contribution in [0.2, 0.25) is 0 Å². The van der Waals surface area contributed by atoms with Gasteiger partial charge in [-0.25, -0.2) is 9.67 Å². The van der Waals surface area contributed by atoms with Crippen molar-refractivity contribution in [3.05, 3.63) is 75.7 Å². The van der Waals surface area contributed by atoms with Crippen LogP contribution in [-0.2, 0) is 29.2 Å². The van der Waals surface area contributed by atoms with Crippen LogP contribution in [0.15, 0.2) is 36.7 Å². The van der Waals surface area contributed by atoms with Crippen LogP contribution in [0, 0.1) is 18.3 Å². The van der Waals surface area contributed by atoms with Gasteiger partial charge in [0.1, 0.15) is 12.9 Å². The van der Waals surface area contributed by atoms with E-state index in [1.165, 1.54) is 0 Å². The Bertz CT molecular complexity index is 1180. The third kappa shape index (κ3) is 4.68. The summed E-state index contributed by atoms with van der Waals surface area (Å²) in [5.41, 5.74) is 6.69. The Labute approximate surface area is 192 Å². The van der Waals surface area contributed by atoms with Gasteiger partial charge in [-0.2, -0.15) is 10.4 Å². The number of rotatable bonds is 7. The minimum Gasteiger partial charge on any atom is -0.387 e. The van der Waals surface area contributed by atoms with E-state index in [1.807, 2.05) is 31.2 Å². The molecule has 33 heavy (non-hydrogen) atoms. The van der Waals surface area contributed by atoms with Crippen LogP contribution in [-0.4, -0.2) is 33.2 Å². The van der Waals surface area contributed by atoms with Crippen LogP contribution in [0.4, 0.5) is 0 Å². The quantitative estimate of drug-likeness (QED) is 0.575. The molecule has 8 nitrogen and oxygen atoms in total. The van der Waals surface area contributed by atoms with Gasteiger partial charge in [-0.15, -0.1) is 0 Å². The summed E-state index contributed by atoms with van der Waals surface area (Å²) < 4.78 is 12.6. The zero-order valence-corrected chi connectivity index (χ0v) is 18.6. The first-order chi connectivity index (χ1) is 16.1. The molecule has 1 saturated carbocycles. The molecule has 3 aromatic rings. The van der Waals surface area contributed by atoms with Crippen LogP contribution in [0.3, 0.4) is 0 Å². The fourth-order valence-corrected chi connectivity index (χ4v) is 4.25. The van der Waals surface area contributed by atoms with Crippen molar-refractivity contribution in [2.24, 2.45) is 0 Å². The smallest absolute Gasteiger partial charge is 0.153 e. The van der Waals surface area contributed by atoms with Crippen LogP contribution >= 0.6 is 0 Å². The monoisotopic (exact) mass is 445 g/mol. The summed E-state index contributed by atoms with van der Waals surface area (Å²) >= 11 is 0. The zero-order valence-electron chi connectivity index (χ0n) is 18.6. The fraction of sp³-hybridized carbons (Fsp3) is 0.400. The van der Waals surface area contributed by atoms with Crippen LogP contribution < -0.4 is 5.32 Å². The molecule has 0 radical (unpaired) electrons. The molecule has 1 aliphatic carbocycles. The Kier molecular flexibility index (Phi) is 6.20. The Hall–Kier alpha value is -3.09. The average Bonchev–Trinajstić information content (AvgIpc) is 3.63. The molecular weight excluding hydrogens is 418 g/mol. The van der Waals surface area contributed by atoms with Gasteiger partial charge in [-0.05, 0) is 53.6 Å². The summed E-state index contributed by atoms with van der Waals surface area (Å²) in [6, 6.07) is 10.1. The number of aliphatic hydroxyl groups excluding tert-OH is 1. The molecule has 0 bridgehead atoms. The number of fused-ring (bicyclic) bond motifs is 1. The summed E-state index contributed by atoms with van der Waals surface area (Å²) in [5, 5.41) is 28.0. The summed E-state index contributed by atoms with van der Waals surface area (Å²) in [4.78, 5) is 4.51. The molecule has 8 heteroatoms. The van der Waals surface area contributed by atoms with Gasteiger partial charge in [-0.1, -0.05) is 18.2 Å². The predicted molar refractivity (Wildman–Crippen MR) is 120 cm³/mol. The highest BCUT2D eigenvalue weighted by Gasteiger charge is 2.29. The zero-order chi connectivity index (χ0) is 22.8. The molecule has 0 spiro atoms. The molecule has 0 saturated heterocycles. The van der Waals surface area contributed by atoms with Crippen molar-refractivity contribution in [3.63, 3.8) is 0 Å². The number of nitrogens with one attached hydrogen (secondary N) is 1. The topological polar surface area (TPSA) is 105 Å². The summed E-state index contributed by atoms with van der Waals surface area (Å²) in [5.74, 6) is 1.11. The molecule has 0 unspecified atom stereocenters. The standard InChI is InChI=1S/C25H27N5O3/c1-16-21(6-5-19-13-32-15-33-14-22(16)19)23(31)11-27-9-17-2-7-24(28-10-17)30-12-20(8-26)25(29-30)18-3-4-18/h2,5-7,10,12,18,23,27,31H,3-4,9,11,13-15H2,1H3/t23-/m0/s1. The molecule has 2 N–H and O–H groups in total. The highest BCUT2D eigenvalue weighted by Crippen LogP contribution is 2.40. The second kappa shape index (κ2) is 9.41.